The van der Waals surface area contributed by atoms with Crippen molar-refractivity contribution < 1.29 is 33.9 Å². The van der Waals surface area contributed by atoms with Crippen LogP contribution in [0.2, 0.25) is 0 Å². The van der Waals surface area contributed by atoms with Crippen LogP contribution in [0.4, 0.5) is 5.69 Å². The number of hydrogen-bond donors (Lipinski definition) is 5. The van der Waals surface area contributed by atoms with E-state index in [1.807, 2.05) is 13.8 Å². The number of amides is 2. The molecule has 0 unspecified atom stereocenters. The van der Waals surface area contributed by atoms with Gasteiger partial charge in [0, 0.05) is 18.5 Å². The second-order valence-corrected chi connectivity index (χ2v) is 8.83. The molecule has 0 bridgehead atoms. The lowest BCUT2D eigenvalue weighted by Crippen LogP contribution is -2.33. The quantitative estimate of drug-likeness (QED) is 0.349. The standard InChI is InChI=1S/C24H32N4O7/c1-4-26-24(33)21-20(27-23(32)13-5-7-14(8-6-13)34-19(31)11-25)22(35-28-21)16-9-15(12(2)3)17(29)10-18(16)30/h9-10,12-14,29-30H,4-8,11,25H2,1-3H3,(H,26,33)(H,27,32). The number of aromatic hydroxyl groups is 2. The molecule has 11 nitrogen and oxygen atoms in total. The zero-order valence-corrected chi connectivity index (χ0v) is 20.1. The molecular weight excluding hydrogens is 456 g/mol. The van der Waals surface area contributed by atoms with Gasteiger partial charge >= 0.3 is 5.97 Å². The van der Waals surface area contributed by atoms with Crippen LogP contribution in [0.5, 0.6) is 11.5 Å². The van der Waals surface area contributed by atoms with E-state index in [1.165, 1.54) is 6.07 Å². The highest BCUT2D eigenvalue weighted by atomic mass is 16.5. The molecule has 35 heavy (non-hydrogen) atoms. The first kappa shape index (κ1) is 26.0. The van der Waals surface area contributed by atoms with Gasteiger partial charge < -0.3 is 35.8 Å². The second-order valence-electron chi connectivity index (χ2n) is 8.83. The van der Waals surface area contributed by atoms with E-state index in [1.54, 1.807) is 13.0 Å². The van der Waals surface area contributed by atoms with Crippen LogP contribution in [0.1, 0.15) is 68.4 Å². The van der Waals surface area contributed by atoms with Gasteiger partial charge in [-0.2, -0.15) is 0 Å². The van der Waals surface area contributed by atoms with Crippen LogP contribution in [0, 0.1) is 5.92 Å². The zero-order chi connectivity index (χ0) is 25.7. The lowest BCUT2D eigenvalue weighted by molar-refractivity contribution is -0.149. The number of nitrogens with zero attached hydrogens (tertiary/aromatic N) is 1. The fourth-order valence-corrected chi connectivity index (χ4v) is 4.13. The van der Waals surface area contributed by atoms with Gasteiger partial charge in [0.25, 0.3) is 5.91 Å². The summed E-state index contributed by atoms with van der Waals surface area (Å²) in [6.07, 6.45) is 1.71. The summed E-state index contributed by atoms with van der Waals surface area (Å²) < 4.78 is 10.7. The Hall–Kier alpha value is -3.60. The summed E-state index contributed by atoms with van der Waals surface area (Å²) in [7, 11) is 0. The molecule has 1 saturated carbocycles. The van der Waals surface area contributed by atoms with Crippen LogP contribution in [0.25, 0.3) is 11.3 Å². The highest BCUT2D eigenvalue weighted by Gasteiger charge is 2.32. The van der Waals surface area contributed by atoms with E-state index in [9.17, 15) is 24.6 Å². The van der Waals surface area contributed by atoms with E-state index < -0.39 is 11.9 Å². The molecular formula is C24H32N4O7. The van der Waals surface area contributed by atoms with Crippen LogP contribution in [0.3, 0.4) is 0 Å². The maximum atomic E-state index is 13.1. The minimum Gasteiger partial charge on any atom is -0.508 e. The number of nitrogens with one attached hydrogen (secondary N) is 2. The molecule has 190 valence electrons. The van der Waals surface area contributed by atoms with Crippen LogP contribution < -0.4 is 16.4 Å². The molecule has 0 aliphatic heterocycles. The Morgan fingerprint density at radius 3 is 2.46 bits per heavy atom. The first-order valence-corrected chi connectivity index (χ1v) is 11.7. The molecule has 2 aromatic rings. The number of phenols is 2. The third-order valence-corrected chi connectivity index (χ3v) is 6.01. The Morgan fingerprint density at radius 2 is 1.86 bits per heavy atom. The summed E-state index contributed by atoms with van der Waals surface area (Å²) >= 11 is 0. The molecule has 3 rings (SSSR count). The molecule has 1 aliphatic carbocycles. The van der Waals surface area contributed by atoms with Crippen LogP contribution >= 0.6 is 0 Å². The van der Waals surface area contributed by atoms with Crippen molar-refractivity contribution in [2.75, 3.05) is 18.4 Å². The minimum atomic E-state index is -0.544. The summed E-state index contributed by atoms with van der Waals surface area (Å²) in [5.74, 6) is -2.18. The topological polar surface area (TPSA) is 177 Å². The molecule has 0 spiro atoms. The maximum Gasteiger partial charge on any atom is 0.319 e. The first-order valence-electron chi connectivity index (χ1n) is 11.7. The number of aromatic nitrogens is 1. The summed E-state index contributed by atoms with van der Waals surface area (Å²) in [5.41, 5.74) is 5.93. The van der Waals surface area contributed by atoms with E-state index in [0.717, 1.165) is 0 Å². The molecule has 0 saturated heterocycles. The predicted molar refractivity (Wildman–Crippen MR) is 127 cm³/mol. The number of carbonyl (C=O) groups is 3. The van der Waals surface area contributed by atoms with Gasteiger partial charge in [0.2, 0.25) is 5.91 Å². The molecule has 1 heterocycles. The number of ether oxygens (including phenoxy) is 1. The van der Waals surface area contributed by atoms with Crippen molar-refractivity contribution in [3.63, 3.8) is 0 Å². The summed E-state index contributed by atoms with van der Waals surface area (Å²) in [4.78, 5) is 37.2. The summed E-state index contributed by atoms with van der Waals surface area (Å²) in [5, 5.41) is 30.0. The van der Waals surface area contributed by atoms with Crippen LogP contribution in [-0.2, 0) is 14.3 Å². The number of carbonyl (C=O) groups excluding carboxylic acids is 3. The monoisotopic (exact) mass is 488 g/mol. The van der Waals surface area contributed by atoms with Gasteiger partial charge in [-0.1, -0.05) is 19.0 Å². The summed E-state index contributed by atoms with van der Waals surface area (Å²) in [6.45, 7) is 5.64. The van der Waals surface area contributed by atoms with Crippen molar-refractivity contribution >= 4 is 23.5 Å². The van der Waals surface area contributed by atoms with Gasteiger partial charge in [0.05, 0.1) is 12.1 Å². The highest BCUT2D eigenvalue weighted by Crippen LogP contribution is 2.42. The van der Waals surface area contributed by atoms with Gasteiger partial charge in [0.15, 0.2) is 11.5 Å². The number of anilines is 1. The van der Waals surface area contributed by atoms with Gasteiger partial charge in [-0.05, 0) is 50.2 Å². The van der Waals surface area contributed by atoms with Crippen molar-refractivity contribution in [3.8, 4) is 22.8 Å². The van der Waals surface area contributed by atoms with Gasteiger partial charge in [0.1, 0.15) is 23.3 Å². The Labute approximate surface area is 203 Å². The fourth-order valence-electron chi connectivity index (χ4n) is 4.13. The Morgan fingerprint density at radius 1 is 1.17 bits per heavy atom. The predicted octanol–water partition coefficient (Wildman–Crippen LogP) is 2.63. The molecule has 1 aliphatic rings. The molecule has 0 atom stereocenters. The molecule has 1 aromatic carbocycles. The Balaban J connectivity index is 1.89. The normalized spacial score (nSPS) is 17.7. The van der Waals surface area contributed by atoms with Crippen molar-refractivity contribution in [1.29, 1.82) is 0 Å². The molecule has 2 amide bonds. The first-order chi connectivity index (χ1) is 16.7. The molecule has 6 N–H and O–H groups in total. The molecule has 0 radical (unpaired) electrons. The number of benzene rings is 1. The number of nitrogens with two attached hydrogens (primary N) is 1. The Kier molecular flexibility index (Phi) is 8.34. The lowest BCUT2D eigenvalue weighted by atomic mass is 9.86. The fraction of sp³-hybridized carbons (Fsp3) is 0.500. The largest absolute Gasteiger partial charge is 0.508 e. The highest BCUT2D eigenvalue weighted by molar-refractivity contribution is 6.06. The third kappa shape index (κ3) is 5.91. The van der Waals surface area contributed by atoms with E-state index in [-0.39, 0.29) is 64.6 Å². The van der Waals surface area contributed by atoms with E-state index in [4.69, 9.17) is 15.0 Å². The lowest BCUT2D eigenvalue weighted by Gasteiger charge is -2.27. The SMILES string of the molecule is CCNC(=O)c1noc(-c2cc(C(C)C)c(O)cc2O)c1NC(=O)C1CCC(OC(=O)CN)CC1. The average molecular weight is 489 g/mol. The number of phenolic OH excluding ortho intramolecular Hbond substituents is 2. The van der Waals surface area contributed by atoms with E-state index >= 15 is 0 Å². The van der Waals surface area contributed by atoms with Crippen molar-refractivity contribution in [2.45, 2.75) is 58.5 Å². The Bertz CT molecular complexity index is 1090. The summed E-state index contributed by atoms with van der Waals surface area (Å²) in [6, 6.07) is 2.73. The van der Waals surface area contributed by atoms with Crippen LogP contribution in [-0.4, -0.2) is 52.3 Å². The maximum absolute atomic E-state index is 13.1. The molecule has 1 fully saturated rings. The smallest absolute Gasteiger partial charge is 0.319 e. The van der Waals surface area contributed by atoms with E-state index in [2.05, 4.69) is 15.8 Å². The van der Waals surface area contributed by atoms with Gasteiger partial charge in [-0.15, -0.1) is 0 Å². The van der Waals surface area contributed by atoms with Crippen molar-refractivity contribution in [1.82, 2.24) is 10.5 Å². The molecule has 1 aromatic heterocycles. The zero-order valence-electron chi connectivity index (χ0n) is 20.1. The third-order valence-electron chi connectivity index (χ3n) is 6.01. The van der Waals surface area contributed by atoms with Gasteiger partial charge in [-0.3, -0.25) is 14.4 Å². The average Bonchev–Trinajstić information content (AvgIpc) is 3.22. The number of esters is 1. The minimum absolute atomic E-state index is 0.00423. The van der Waals surface area contributed by atoms with E-state index in [0.29, 0.717) is 37.8 Å². The van der Waals surface area contributed by atoms with Crippen molar-refractivity contribution in [3.05, 3.63) is 23.4 Å². The van der Waals surface area contributed by atoms with Crippen molar-refractivity contribution in [2.24, 2.45) is 11.7 Å². The molecule has 11 heteroatoms. The number of rotatable bonds is 8. The number of hydrogen-bond acceptors (Lipinski definition) is 9. The second kappa shape index (κ2) is 11.2. The van der Waals surface area contributed by atoms with Gasteiger partial charge in [-0.25, -0.2) is 0 Å². The van der Waals surface area contributed by atoms with Crippen LogP contribution in [0.15, 0.2) is 16.7 Å².